The molecule has 1 unspecified atom stereocenters. The maximum absolute atomic E-state index is 10.2. The predicted octanol–water partition coefficient (Wildman–Crippen LogP) is 0.725. The van der Waals surface area contributed by atoms with Crippen molar-refractivity contribution in [1.82, 2.24) is 20.2 Å². The number of nitrogens with one attached hydrogen (secondary N) is 1. The number of aliphatic hydroxyl groups is 1. The van der Waals surface area contributed by atoms with E-state index in [9.17, 15) is 5.11 Å². The Morgan fingerprint density at radius 1 is 1.23 bits per heavy atom. The second-order valence-corrected chi connectivity index (χ2v) is 6.80. The average molecular weight is 307 g/mol. The molecule has 1 fully saturated rings. The third-order valence-electron chi connectivity index (χ3n) is 4.53. The lowest BCUT2D eigenvalue weighted by molar-refractivity contribution is 0.0140. The first kappa shape index (κ1) is 17.1. The number of anilines is 1. The van der Waals surface area contributed by atoms with Crippen LogP contribution >= 0.6 is 0 Å². The summed E-state index contributed by atoms with van der Waals surface area (Å²) in [7, 11) is 2.14. The van der Waals surface area contributed by atoms with Crippen molar-refractivity contribution in [1.29, 1.82) is 0 Å². The van der Waals surface area contributed by atoms with Crippen molar-refractivity contribution < 1.29 is 5.11 Å². The number of nitrogens with zero attached hydrogens (tertiary/aromatic N) is 4. The standard InChI is InChI=1S/C16H29N5O/c1-13(2)16(3,22)12-17-9-14-10-18-15(19-11-14)21-7-5-20(4)6-8-21/h10-11,13,17,22H,5-9,12H2,1-4H3. The lowest BCUT2D eigenvalue weighted by Gasteiger charge is -2.32. The number of hydrogen-bond acceptors (Lipinski definition) is 6. The van der Waals surface area contributed by atoms with E-state index in [-0.39, 0.29) is 5.92 Å². The molecule has 0 bridgehead atoms. The number of aromatic nitrogens is 2. The molecule has 1 aliphatic heterocycles. The van der Waals surface area contributed by atoms with Crippen LogP contribution in [0.15, 0.2) is 12.4 Å². The van der Waals surface area contributed by atoms with E-state index in [1.807, 2.05) is 33.2 Å². The molecule has 1 aromatic rings. The van der Waals surface area contributed by atoms with Gasteiger partial charge >= 0.3 is 0 Å². The molecule has 6 nitrogen and oxygen atoms in total. The van der Waals surface area contributed by atoms with Crippen LogP contribution in [0.4, 0.5) is 5.95 Å². The molecule has 0 radical (unpaired) electrons. The summed E-state index contributed by atoms with van der Waals surface area (Å²) >= 11 is 0. The van der Waals surface area contributed by atoms with Gasteiger partial charge in [-0.3, -0.25) is 0 Å². The topological polar surface area (TPSA) is 64.5 Å². The van der Waals surface area contributed by atoms with E-state index in [4.69, 9.17) is 0 Å². The molecule has 2 heterocycles. The van der Waals surface area contributed by atoms with Crippen LogP contribution in [0.2, 0.25) is 0 Å². The summed E-state index contributed by atoms with van der Waals surface area (Å²) in [5, 5.41) is 13.5. The molecule has 1 aliphatic rings. The van der Waals surface area contributed by atoms with E-state index in [1.165, 1.54) is 0 Å². The van der Waals surface area contributed by atoms with E-state index in [0.29, 0.717) is 13.1 Å². The summed E-state index contributed by atoms with van der Waals surface area (Å²) in [5.74, 6) is 1.03. The van der Waals surface area contributed by atoms with Gasteiger partial charge in [0, 0.05) is 57.2 Å². The first-order valence-corrected chi connectivity index (χ1v) is 8.06. The molecule has 2 N–H and O–H groups in total. The van der Waals surface area contributed by atoms with Crippen LogP contribution in [-0.2, 0) is 6.54 Å². The summed E-state index contributed by atoms with van der Waals surface area (Å²) in [6.07, 6.45) is 3.75. The van der Waals surface area contributed by atoms with Gasteiger partial charge in [-0.15, -0.1) is 0 Å². The zero-order chi connectivity index (χ0) is 16.2. The highest BCUT2D eigenvalue weighted by Gasteiger charge is 2.24. The van der Waals surface area contributed by atoms with Gasteiger partial charge in [-0.1, -0.05) is 13.8 Å². The van der Waals surface area contributed by atoms with Gasteiger partial charge in [0.2, 0.25) is 5.95 Å². The monoisotopic (exact) mass is 307 g/mol. The highest BCUT2D eigenvalue weighted by molar-refractivity contribution is 5.30. The number of rotatable bonds is 6. The molecule has 0 saturated carbocycles. The molecule has 1 aromatic heterocycles. The Kier molecular flexibility index (Phi) is 5.72. The minimum Gasteiger partial charge on any atom is -0.389 e. The van der Waals surface area contributed by atoms with Gasteiger partial charge in [0.15, 0.2) is 0 Å². The van der Waals surface area contributed by atoms with Gasteiger partial charge in [-0.25, -0.2) is 9.97 Å². The smallest absolute Gasteiger partial charge is 0.225 e. The predicted molar refractivity (Wildman–Crippen MR) is 88.9 cm³/mol. The fourth-order valence-electron chi connectivity index (χ4n) is 2.27. The lowest BCUT2D eigenvalue weighted by atomic mass is 9.92. The van der Waals surface area contributed by atoms with Crippen molar-refractivity contribution in [2.45, 2.75) is 32.9 Å². The molecule has 0 amide bonds. The third-order valence-corrected chi connectivity index (χ3v) is 4.53. The molecule has 22 heavy (non-hydrogen) atoms. The summed E-state index contributed by atoms with van der Waals surface area (Å²) in [4.78, 5) is 13.5. The Labute approximate surface area is 133 Å². The Morgan fingerprint density at radius 2 is 1.82 bits per heavy atom. The van der Waals surface area contributed by atoms with Crippen LogP contribution in [-0.4, -0.2) is 65.3 Å². The second-order valence-electron chi connectivity index (χ2n) is 6.80. The van der Waals surface area contributed by atoms with Crippen LogP contribution in [0.5, 0.6) is 0 Å². The molecule has 1 atom stereocenters. The Bertz CT molecular complexity index is 452. The molecule has 0 aliphatic carbocycles. The van der Waals surface area contributed by atoms with Crippen molar-refractivity contribution in [2.24, 2.45) is 5.92 Å². The molecular formula is C16H29N5O. The molecule has 124 valence electrons. The van der Waals surface area contributed by atoms with E-state index < -0.39 is 5.60 Å². The fourth-order valence-corrected chi connectivity index (χ4v) is 2.27. The second kappa shape index (κ2) is 7.35. The van der Waals surface area contributed by atoms with Crippen molar-refractivity contribution >= 4 is 5.95 Å². The van der Waals surface area contributed by atoms with Crippen LogP contribution in [0.3, 0.4) is 0 Å². The largest absolute Gasteiger partial charge is 0.389 e. The van der Waals surface area contributed by atoms with Crippen LogP contribution in [0.1, 0.15) is 26.3 Å². The summed E-state index contributed by atoms with van der Waals surface area (Å²) in [6.45, 7) is 11.2. The highest BCUT2D eigenvalue weighted by Crippen LogP contribution is 2.15. The fraction of sp³-hybridized carbons (Fsp3) is 0.750. The van der Waals surface area contributed by atoms with Crippen LogP contribution < -0.4 is 10.2 Å². The summed E-state index contributed by atoms with van der Waals surface area (Å²) in [5.41, 5.74) is 0.345. The van der Waals surface area contributed by atoms with Gasteiger partial charge < -0.3 is 20.2 Å². The van der Waals surface area contributed by atoms with Crippen molar-refractivity contribution in [3.8, 4) is 0 Å². The zero-order valence-corrected chi connectivity index (χ0v) is 14.2. The van der Waals surface area contributed by atoms with Gasteiger partial charge in [0.25, 0.3) is 0 Å². The Morgan fingerprint density at radius 3 is 2.36 bits per heavy atom. The van der Waals surface area contributed by atoms with Gasteiger partial charge in [-0.2, -0.15) is 0 Å². The minimum absolute atomic E-state index is 0.218. The van der Waals surface area contributed by atoms with Gasteiger partial charge in [0.05, 0.1) is 5.60 Å². The third kappa shape index (κ3) is 4.63. The minimum atomic E-state index is -0.694. The maximum atomic E-state index is 10.2. The first-order valence-electron chi connectivity index (χ1n) is 8.06. The van der Waals surface area contributed by atoms with E-state index >= 15 is 0 Å². The molecule has 0 aromatic carbocycles. The Balaban J connectivity index is 1.82. The van der Waals surface area contributed by atoms with E-state index in [2.05, 4.69) is 32.1 Å². The number of hydrogen-bond donors (Lipinski definition) is 2. The number of likely N-dealkylation sites (N-methyl/N-ethyl adjacent to an activating group) is 1. The first-order chi connectivity index (χ1) is 10.4. The highest BCUT2D eigenvalue weighted by atomic mass is 16.3. The van der Waals surface area contributed by atoms with Gasteiger partial charge in [-0.05, 0) is 19.9 Å². The zero-order valence-electron chi connectivity index (χ0n) is 14.2. The average Bonchev–Trinajstić information content (AvgIpc) is 2.48. The molecular weight excluding hydrogens is 278 g/mol. The van der Waals surface area contributed by atoms with Crippen LogP contribution in [0.25, 0.3) is 0 Å². The van der Waals surface area contributed by atoms with Crippen molar-refractivity contribution in [3.63, 3.8) is 0 Å². The number of piperazine rings is 1. The summed E-state index contributed by atoms with van der Waals surface area (Å²) in [6, 6.07) is 0. The molecule has 6 heteroatoms. The SMILES string of the molecule is CC(C)C(C)(O)CNCc1cnc(N2CCN(C)CC2)nc1. The Hall–Kier alpha value is -1.24. The van der Waals surface area contributed by atoms with Crippen molar-refractivity contribution in [3.05, 3.63) is 18.0 Å². The molecule has 1 saturated heterocycles. The van der Waals surface area contributed by atoms with Crippen LogP contribution in [0, 0.1) is 5.92 Å². The molecule has 2 rings (SSSR count). The van der Waals surface area contributed by atoms with E-state index in [0.717, 1.165) is 37.7 Å². The maximum Gasteiger partial charge on any atom is 0.225 e. The quantitative estimate of drug-likeness (QED) is 0.808. The van der Waals surface area contributed by atoms with Crippen molar-refractivity contribution in [2.75, 3.05) is 44.7 Å². The lowest BCUT2D eigenvalue weighted by Crippen LogP contribution is -2.45. The van der Waals surface area contributed by atoms with Gasteiger partial charge in [0.1, 0.15) is 0 Å². The normalized spacial score (nSPS) is 19.5. The molecule has 0 spiro atoms. The summed E-state index contributed by atoms with van der Waals surface area (Å²) < 4.78 is 0. The van der Waals surface area contributed by atoms with E-state index in [1.54, 1.807) is 0 Å².